The maximum Gasteiger partial charge on any atom is 0.472 e. The quantitative estimate of drug-likeness (QED) is 0.0222. The number of unbranched alkanes of at least 4 members (excludes halogenated alkanes) is 38. The lowest BCUT2D eigenvalue weighted by atomic mass is 9.99. The van der Waals surface area contributed by atoms with Gasteiger partial charge >= 0.3 is 39.5 Å². The monoisotopic (exact) mass is 1400 g/mol. The molecule has 6 atom stereocenters. The molecule has 0 radical (unpaired) electrons. The zero-order chi connectivity index (χ0) is 70.3. The fraction of sp³-hybridized carbons (Fsp3) is 0.947. The van der Waals surface area contributed by atoms with E-state index in [-0.39, 0.29) is 25.7 Å². The van der Waals surface area contributed by atoms with Gasteiger partial charge in [-0.15, -0.1) is 0 Å². The van der Waals surface area contributed by atoms with Gasteiger partial charge in [0.05, 0.1) is 26.4 Å². The first-order chi connectivity index (χ1) is 45.6. The highest BCUT2D eigenvalue weighted by Gasteiger charge is 2.30. The van der Waals surface area contributed by atoms with Crippen molar-refractivity contribution in [2.45, 2.75) is 401 Å². The number of carbonyl (C=O) groups is 4. The van der Waals surface area contributed by atoms with Crippen molar-refractivity contribution in [1.82, 2.24) is 0 Å². The average Bonchev–Trinajstić information content (AvgIpc) is 1.55. The molecular weight excluding hydrogens is 1250 g/mol. The lowest BCUT2D eigenvalue weighted by molar-refractivity contribution is -0.161. The number of rotatable bonds is 73. The average molecular weight is 1400 g/mol. The largest absolute Gasteiger partial charge is 0.472 e. The molecule has 0 rings (SSSR count). The van der Waals surface area contributed by atoms with Crippen molar-refractivity contribution in [1.29, 1.82) is 0 Å². The second kappa shape index (κ2) is 65.4. The van der Waals surface area contributed by atoms with E-state index in [9.17, 15) is 43.2 Å². The molecule has 0 spiro atoms. The minimum atomic E-state index is -4.96. The number of carbonyl (C=O) groups excluding carboxylic acids is 4. The lowest BCUT2D eigenvalue weighted by Gasteiger charge is -2.21. The van der Waals surface area contributed by atoms with Crippen LogP contribution in [0.4, 0.5) is 0 Å². The summed E-state index contributed by atoms with van der Waals surface area (Å²) in [6.07, 6.45) is 50.2. The predicted molar refractivity (Wildman–Crippen MR) is 386 cm³/mol. The number of esters is 4. The van der Waals surface area contributed by atoms with Gasteiger partial charge in [0.1, 0.15) is 19.3 Å². The summed E-state index contributed by atoms with van der Waals surface area (Å²) < 4.78 is 68.5. The Morgan fingerprint density at radius 2 is 0.505 bits per heavy atom. The van der Waals surface area contributed by atoms with Gasteiger partial charge in [-0.3, -0.25) is 37.3 Å². The molecule has 0 aliphatic heterocycles. The Labute approximate surface area is 581 Å². The van der Waals surface area contributed by atoms with Crippen LogP contribution in [0.2, 0.25) is 0 Å². The molecule has 0 amide bonds. The number of hydrogen-bond acceptors (Lipinski definition) is 15. The smallest absolute Gasteiger partial charge is 0.462 e. The standard InChI is InChI=1S/C76H148O17P2/c1-9-69(8)55-47-39-31-24-27-35-43-51-59-76(81)93-71(62-86-73(78)56-48-40-32-21-19-17-15-13-11-10-12-14-16-18-20-28-36-44-52-66(2)3)64-90-94(82,83)88-60-70(77)61-89-95(84,85)91-65-72(92-75(80)58-50-42-34-26-23-30-38-46-54-68(6)7)63-87-74(79)57-49-41-33-25-22-29-37-45-53-67(4)5/h66-72,77H,9-65H2,1-8H3,(H,82,83)(H,84,85)/t69?,70?,71-,72-/m1/s1. The molecule has 95 heavy (non-hydrogen) atoms. The minimum Gasteiger partial charge on any atom is -0.462 e. The van der Waals surface area contributed by atoms with E-state index < -0.39 is 97.5 Å². The Balaban J connectivity index is 5.18. The van der Waals surface area contributed by atoms with Crippen LogP contribution < -0.4 is 0 Å². The minimum absolute atomic E-state index is 0.104. The van der Waals surface area contributed by atoms with Crippen molar-refractivity contribution in [3.05, 3.63) is 0 Å². The molecule has 0 aliphatic rings. The van der Waals surface area contributed by atoms with Crippen molar-refractivity contribution in [3.8, 4) is 0 Å². The Morgan fingerprint density at radius 3 is 0.747 bits per heavy atom. The van der Waals surface area contributed by atoms with Gasteiger partial charge in [-0.2, -0.15) is 0 Å². The van der Waals surface area contributed by atoms with Gasteiger partial charge < -0.3 is 33.8 Å². The van der Waals surface area contributed by atoms with Crippen LogP contribution in [0.3, 0.4) is 0 Å². The van der Waals surface area contributed by atoms with Crippen LogP contribution in [-0.4, -0.2) is 96.7 Å². The summed E-state index contributed by atoms with van der Waals surface area (Å²) in [5.74, 6) is 0.912. The molecule has 0 saturated heterocycles. The molecule has 0 aromatic carbocycles. The van der Waals surface area contributed by atoms with Gasteiger partial charge in [0.15, 0.2) is 12.2 Å². The predicted octanol–water partition coefficient (Wildman–Crippen LogP) is 22.0. The fourth-order valence-corrected chi connectivity index (χ4v) is 13.1. The summed E-state index contributed by atoms with van der Waals surface area (Å²) in [6.45, 7) is 14.2. The molecule has 0 fully saturated rings. The maximum absolute atomic E-state index is 13.1. The van der Waals surface area contributed by atoms with Crippen LogP contribution in [-0.2, 0) is 65.4 Å². The third-order valence-electron chi connectivity index (χ3n) is 17.9. The Kier molecular flexibility index (Phi) is 64.0. The first-order valence-electron chi connectivity index (χ1n) is 39.2. The fourth-order valence-electron chi connectivity index (χ4n) is 11.5. The first kappa shape index (κ1) is 93.1. The zero-order valence-corrected chi connectivity index (χ0v) is 64.1. The van der Waals surface area contributed by atoms with E-state index >= 15 is 0 Å². The van der Waals surface area contributed by atoms with Crippen LogP contribution in [0.15, 0.2) is 0 Å². The summed E-state index contributed by atoms with van der Waals surface area (Å²) in [4.78, 5) is 72.7. The molecule has 0 saturated carbocycles. The number of aliphatic hydroxyl groups is 1. The van der Waals surface area contributed by atoms with E-state index in [1.165, 1.54) is 186 Å². The third-order valence-corrected chi connectivity index (χ3v) is 19.8. The SMILES string of the molecule is CCC(C)CCCCCCCCCCC(=O)O[C@H](COC(=O)CCCCCCCCCCCCCCCCCCCCC(C)C)COP(=O)(O)OCC(O)COP(=O)(O)OC[C@@H](COC(=O)CCCCCCCCCCC(C)C)OC(=O)CCCCCCCCCCC(C)C. The highest BCUT2D eigenvalue weighted by Crippen LogP contribution is 2.45. The van der Waals surface area contributed by atoms with Crippen molar-refractivity contribution in [3.63, 3.8) is 0 Å². The molecule has 564 valence electrons. The highest BCUT2D eigenvalue weighted by atomic mass is 31.2. The topological polar surface area (TPSA) is 237 Å². The molecule has 0 aromatic rings. The second-order valence-electron chi connectivity index (χ2n) is 29.1. The number of phosphoric acid groups is 2. The summed E-state index contributed by atoms with van der Waals surface area (Å²) in [7, 11) is -9.91. The van der Waals surface area contributed by atoms with E-state index in [1.807, 2.05) is 0 Å². The number of aliphatic hydroxyl groups excluding tert-OH is 1. The Hall–Kier alpha value is -1.94. The second-order valence-corrected chi connectivity index (χ2v) is 32.0. The molecule has 0 bridgehead atoms. The molecule has 0 aliphatic carbocycles. The molecule has 0 aromatic heterocycles. The first-order valence-corrected chi connectivity index (χ1v) is 42.2. The van der Waals surface area contributed by atoms with Crippen LogP contribution in [0, 0.1) is 23.7 Å². The van der Waals surface area contributed by atoms with Gasteiger partial charge in [0.2, 0.25) is 0 Å². The number of hydrogen-bond donors (Lipinski definition) is 3. The van der Waals surface area contributed by atoms with Crippen molar-refractivity contribution in [2.24, 2.45) is 23.7 Å². The van der Waals surface area contributed by atoms with Gasteiger partial charge in [-0.1, -0.05) is 331 Å². The third kappa shape index (κ3) is 69.0. The summed E-state index contributed by atoms with van der Waals surface area (Å²) in [6, 6.07) is 0. The van der Waals surface area contributed by atoms with E-state index in [0.717, 1.165) is 114 Å². The molecular formula is C76H148O17P2. The molecule has 4 unspecified atom stereocenters. The number of ether oxygens (including phenoxy) is 4. The van der Waals surface area contributed by atoms with Crippen molar-refractivity contribution in [2.75, 3.05) is 39.6 Å². The normalized spacial score (nSPS) is 14.4. The van der Waals surface area contributed by atoms with Gasteiger partial charge in [-0.25, -0.2) is 9.13 Å². The van der Waals surface area contributed by atoms with E-state index in [0.29, 0.717) is 25.7 Å². The Morgan fingerprint density at radius 1 is 0.295 bits per heavy atom. The van der Waals surface area contributed by atoms with E-state index in [2.05, 4.69) is 55.4 Å². The maximum atomic E-state index is 13.1. The van der Waals surface area contributed by atoms with E-state index in [1.54, 1.807) is 0 Å². The molecule has 19 heteroatoms. The van der Waals surface area contributed by atoms with Crippen LogP contribution in [0.1, 0.15) is 383 Å². The lowest BCUT2D eigenvalue weighted by Crippen LogP contribution is -2.30. The van der Waals surface area contributed by atoms with Gasteiger partial charge in [0, 0.05) is 25.7 Å². The highest BCUT2D eigenvalue weighted by molar-refractivity contribution is 7.47. The van der Waals surface area contributed by atoms with E-state index in [4.69, 9.17) is 37.0 Å². The van der Waals surface area contributed by atoms with Crippen LogP contribution in [0.5, 0.6) is 0 Å². The summed E-state index contributed by atoms with van der Waals surface area (Å²) in [5.41, 5.74) is 0. The van der Waals surface area contributed by atoms with Crippen molar-refractivity contribution >= 4 is 39.5 Å². The van der Waals surface area contributed by atoms with Crippen LogP contribution in [0.25, 0.3) is 0 Å². The van der Waals surface area contributed by atoms with Gasteiger partial charge in [0.25, 0.3) is 0 Å². The summed E-state index contributed by atoms with van der Waals surface area (Å²) in [5, 5.41) is 10.6. The number of phosphoric ester groups is 2. The van der Waals surface area contributed by atoms with Crippen molar-refractivity contribution < 1.29 is 80.2 Å². The molecule has 17 nitrogen and oxygen atoms in total. The zero-order valence-electron chi connectivity index (χ0n) is 62.3. The van der Waals surface area contributed by atoms with Crippen LogP contribution >= 0.6 is 15.6 Å². The Bertz CT molecular complexity index is 1870. The summed E-state index contributed by atoms with van der Waals surface area (Å²) >= 11 is 0. The van der Waals surface area contributed by atoms with Gasteiger partial charge in [-0.05, 0) is 49.4 Å². The molecule has 0 heterocycles. The molecule has 3 N–H and O–H groups in total.